The number of aromatic nitrogens is 1. The Labute approximate surface area is 113 Å². The van der Waals surface area contributed by atoms with E-state index in [0.717, 1.165) is 0 Å². The summed E-state index contributed by atoms with van der Waals surface area (Å²) in [5.74, 6) is -1.07. The van der Waals surface area contributed by atoms with Crippen molar-refractivity contribution in [2.45, 2.75) is 6.92 Å². The fraction of sp³-hybridized carbons (Fsp3) is 0.0769. The van der Waals surface area contributed by atoms with E-state index in [1.807, 2.05) is 0 Å². The van der Waals surface area contributed by atoms with Crippen LogP contribution in [0.15, 0.2) is 30.5 Å². The maximum Gasteiger partial charge on any atom is 0.337 e. The molecule has 19 heavy (non-hydrogen) atoms. The number of rotatable bonds is 3. The number of halogens is 2. The Morgan fingerprint density at radius 1 is 1.42 bits per heavy atom. The summed E-state index contributed by atoms with van der Waals surface area (Å²) in [6.07, 6.45) is 1.19. The maximum atomic E-state index is 12.9. The second kappa shape index (κ2) is 5.24. The average Bonchev–Trinajstić information content (AvgIpc) is 2.34. The number of hydrogen-bond donors (Lipinski definition) is 1. The normalized spacial score (nSPS) is 10.3. The van der Waals surface area contributed by atoms with Gasteiger partial charge in [0.25, 0.3) is 0 Å². The van der Waals surface area contributed by atoms with Gasteiger partial charge in [-0.15, -0.1) is 0 Å². The van der Waals surface area contributed by atoms with E-state index in [0.29, 0.717) is 11.3 Å². The van der Waals surface area contributed by atoms with Crippen LogP contribution in [-0.2, 0) is 0 Å². The van der Waals surface area contributed by atoms with Gasteiger partial charge in [-0.25, -0.2) is 14.2 Å². The van der Waals surface area contributed by atoms with Crippen LogP contribution >= 0.6 is 11.6 Å². The zero-order chi connectivity index (χ0) is 14.0. The van der Waals surface area contributed by atoms with Gasteiger partial charge in [-0.05, 0) is 30.7 Å². The van der Waals surface area contributed by atoms with Gasteiger partial charge < -0.3 is 9.84 Å². The molecule has 1 aromatic heterocycles. The van der Waals surface area contributed by atoms with Crippen LogP contribution in [0.3, 0.4) is 0 Å². The van der Waals surface area contributed by atoms with Gasteiger partial charge >= 0.3 is 5.97 Å². The number of ether oxygens (including phenoxy) is 1. The lowest BCUT2D eigenvalue weighted by atomic mass is 10.2. The van der Waals surface area contributed by atoms with Crippen LogP contribution in [0.1, 0.15) is 15.9 Å². The third-order valence-electron chi connectivity index (χ3n) is 2.41. The zero-order valence-corrected chi connectivity index (χ0v) is 10.6. The minimum atomic E-state index is -1.17. The number of carbonyl (C=O) groups is 1. The summed E-state index contributed by atoms with van der Waals surface area (Å²) in [6, 6.07) is 5.22. The Bertz CT molecular complexity index is 646. The van der Waals surface area contributed by atoms with Crippen LogP contribution in [0.4, 0.5) is 4.39 Å². The van der Waals surface area contributed by atoms with Gasteiger partial charge in [0.15, 0.2) is 0 Å². The summed E-state index contributed by atoms with van der Waals surface area (Å²) in [7, 11) is 0. The van der Waals surface area contributed by atoms with E-state index in [2.05, 4.69) is 4.98 Å². The van der Waals surface area contributed by atoms with E-state index >= 15 is 0 Å². The minimum Gasteiger partial charge on any atom is -0.478 e. The van der Waals surface area contributed by atoms with Crippen LogP contribution in [0, 0.1) is 12.7 Å². The molecule has 4 nitrogen and oxygen atoms in total. The van der Waals surface area contributed by atoms with Crippen molar-refractivity contribution in [2.75, 3.05) is 0 Å². The molecule has 0 amide bonds. The fourth-order valence-electron chi connectivity index (χ4n) is 1.48. The van der Waals surface area contributed by atoms with Crippen LogP contribution in [-0.4, -0.2) is 16.1 Å². The second-order valence-electron chi connectivity index (χ2n) is 3.82. The molecule has 0 saturated heterocycles. The van der Waals surface area contributed by atoms with Gasteiger partial charge in [-0.1, -0.05) is 11.6 Å². The van der Waals surface area contributed by atoms with Gasteiger partial charge in [0, 0.05) is 6.07 Å². The van der Waals surface area contributed by atoms with Crippen LogP contribution < -0.4 is 4.74 Å². The van der Waals surface area contributed by atoms with E-state index in [1.54, 1.807) is 6.92 Å². The van der Waals surface area contributed by atoms with Gasteiger partial charge in [0.2, 0.25) is 5.88 Å². The number of nitrogens with zero attached hydrogens (tertiary/aromatic N) is 1. The van der Waals surface area contributed by atoms with Crippen molar-refractivity contribution in [1.82, 2.24) is 4.98 Å². The molecule has 98 valence electrons. The lowest BCUT2D eigenvalue weighted by molar-refractivity contribution is 0.0696. The Kier molecular flexibility index (Phi) is 3.66. The molecule has 0 bridgehead atoms. The van der Waals surface area contributed by atoms with Crippen molar-refractivity contribution in [3.05, 3.63) is 52.4 Å². The number of aryl methyl sites for hydroxylation is 1. The van der Waals surface area contributed by atoms with Gasteiger partial charge in [0.1, 0.15) is 11.6 Å². The van der Waals surface area contributed by atoms with Crippen molar-refractivity contribution >= 4 is 17.6 Å². The molecule has 0 atom stereocenters. The monoisotopic (exact) mass is 281 g/mol. The van der Waals surface area contributed by atoms with Gasteiger partial charge in [-0.3, -0.25) is 0 Å². The molecule has 1 aromatic carbocycles. The molecule has 0 unspecified atom stereocenters. The average molecular weight is 282 g/mol. The molecule has 0 aliphatic carbocycles. The first-order chi connectivity index (χ1) is 8.97. The summed E-state index contributed by atoms with van der Waals surface area (Å²) in [4.78, 5) is 14.8. The molecule has 0 spiro atoms. The molecule has 0 radical (unpaired) electrons. The van der Waals surface area contributed by atoms with E-state index in [-0.39, 0.29) is 22.3 Å². The Hall–Kier alpha value is -2.14. The third kappa shape index (κ3) is 3.00. The minimum absolute atomic E-state index is 0.0238. The number of carboxylic acid groups (broad SMARTS) is 1. The zero-order valence-electron chi connectivity index (χ0n) is 9.85. The smallest absolute Gasteiger partial charge is 0.337 e. The first kappa shape index (κ1) is 13.3. The Morgan fingerprint density at radius 2 is 2.16 bits per heavy atom. The molecule has 1 heterocycles. The highest BCUT2D eigenvalue weighted by atomic mass is 35.5. The van der Waals surface area contributed by atoms with Crippen molar-refractivity contribution in [2.24, 2.45) is 0 Å². The number of aromatic carboxylic acids is 1. The predicted molar refractivity (Wildman–Crippen MR) is 67.4 cm³/mol. The quantitative estimate of drug-likeness (QED) is 0.932. The first-order valence-corrected chi connectivity index (χ1v) is 5.68. The second-order valence-corrected chi connectivity index (χ2v) is 4.23. The van der Waals surface area contributed by atoms with Crippen LogP contribution in [0.25, 0.3) is 0 Å². The predicted octanol–water partition coefficient (Wildman–Crippen LogP) is 3.67. The molecule has 1 N–H and O–H groups in total. The summed E-state index contributed by atoms with van der Waals surface area (Å²) in [5.41, 5.74) is 0.472. The number of hydrogen-bond acceptors (Lipinski definition) is 3. The molecule has 0 aliphatic heterocycles. The van der Waals surface area contributed by atoms with E-state index in [4.69, 9.17) is 21.4 Å². The highest BCUT2D eigenvalue weighted by Gasteiger charge is 2.12. The number of pyridine rings is 1. The van der Waals surface area contributed by atoms with Crippen molar-refractivity contribution < 1.29 is 19.0 Å². The summed E-state index contributed by atoms with van der Waals surface area (Å²) >= 11 is 5.70. The summed E-state index contributed by atoms with van der Waals surface area (Å²) < 4.78 is 18.4. The standard InChI is InChI=1S/C13H9ClFNO3/c1-7-4-8(15)2-3-11(7)19-12-5-9(13(17)18)10(14)6-16-12/h2-6H,1H3,(H,17,18). The molecule has 2 aromatic rings. The fourth-order valence-corrected chi connectivity index (χ4v) is 1.66. The lowest BCUT2D eigenvalue weighted by Crippen LogP contribution is -2.00. The van der Waals surface area contributed by atoms with Crippen LogP contribution in [0.5, 0.6) is 11.6 Å². The topological polar surface area (TPSA) is 59.4 Å². The van der Waals surface area contributed by atoms with Crippen molar-refractivity contribution in [3.8, 4) is 11.6 Å². The number of benzene rings is 1. The van der Waals surface area contributed by atoms with Crippen LogP contribution in [0.2, 0.25) is 5.02 Å². The van der Waals surface area contributed by atoms with E-state index < -0.39 is 5.97 Å². The van der Waals surface area contributed by atoms with E-state index in [1.165, 1.54) is 30.5 Å². The SMILES string of the molecule is Cc1cc(F)ccc1Oc1cc(C(=O)O)c(Cl)cn1. The molecule has 6 heteroatoms. The third-order valence-corrected chi connectivity index (χ3v) is 2.71. The largest absolute Gasteiger partial charge is 0.478 e. The Morgan fingerprint density at radius 3 is 2.79 bits per heavy atom. The molecule has 0 saturated carbocycles. The molecular weight excluding hydrogens is 273 g/mol. The maximum absolute atomic E-state index is 12.9. The molecular formula is C13H9ClFNO3. The molecule has 2 rings (SSSR count). The van der Waals surface area contributed by atoms with E-state index in [9.17, 15) is 9.18 Å². The highest BCUT2D eigenvalue weighted by molar-refractivity contribution is 6.33. The summed E-state index contributed by atoms with van der Waals surface area (Å²) in [5, 5.41) is 8.95. The Balaban J connectivity index is 2.33. The summed E-state index contributed by atoms with van der Waals surface area (Å²) in [6.45, 7) is 1.67. The molecule has 0 aliphatic rings. The van der Waals surface area contributed by atoms with Gasteiger partial charge in [0.05, 0.1) is 16.8 Å². The lowest BCUT2D eigenvalue weighted by Gasteiger charge is -2.08. The van der Waals surface area contributed by atoms with Gasteiger partial charge in [-0.2, -0.15) is 0 Å². The van der Waals surface area contributed by atoms with Crippen molar-refractivity contribution in [1.29, 1.82) is 0 Å². The van der Waals surface area contributed by atoms with Crippen molar-refractivity contribution in [3.63, 3.8) is 0 Å². The molecule has 0 fully saturated rings. The number of carboxylic acids is 1. The highest BCUT2D eigenvalue weighted by Crippen LogP contribution is 2.26. The first-order valence-electron chi connectivity index (χ1n) is 5.30.